The molecule has 3 rings (SSSR count). The minimum Gasteiger partial charge on any atom is -0.248 e. The first-order valence-corrected chi connectivity index (χ1v) is 6.86. The van der Waals surface area contributed by atoms with Crippen LogP contribution in [0.25, 0.3) is 5.69 Å². The Morgan fingerprint density at radius 3 is 2.65 bits per heavy atom. The molecule has 0 radical (unpaired) electrons. The fourth-order valence-corrected chi connectivity index (χ4v) is 2.12. The lowest BCUT2D eigenvalue weighted by molar-refractivity contribution is 0.624. The second kappa shape index (κ2) is 6.13. The van der Waals surface area contributed by atoms with Gasteiger partial charge in [-0.2, -0.15) is 10.4 Å². The van der Waals surface area contributed by atoms with Gasteiger partial charge >= 0.3 is 0 Å². The molecule has 4 nitrogen and oxygen atoms in total. The minimum atomic E-state index is -0.477. The van der Waals surface area contributed by atoms with Crippen LogP contribution in [0.3, 0.4) is 0 Å². The number of hydrogen-bond acceptors (Lipinski definition) is 3. The third-order valence-corrected chi connectivity index (χ3v) is 3.13. The molecule has 0 N–H and O–H groups in total. The van der Waals surface area contributed by atoms with E-state index in [0.29, 0.717) is 17.1 Å². The first-order valence-electron chi connectivity index (χ1n) is 6.86. The average Bonchev–Trinajstić information content (AvgIpc) is 2.94. The van der Waals surface area contributed by atoms with Crippen LogP contribution in [-0.4, -0.2) is 14.8 Å². The molecule has 0 saturated carbocycles. The van der Waals surface area contributed by atoms with Gasteiger partial charge < -0.3 is 0 Å². The predicted molar refractivity (Wildman–Crippen MR) is 83.2 cm³/mol. The Morgan fingerprint density at radius 1 is 1.09 bits per heavy atom. The van der Waals surface area contributed by atoms with Crippen molar-refractivity contribution in [2.24, 2.45) is 0 Å². The summed E-state index contributed by atoms with van der Waals surface area (Å²) in [5.74, 6) is 5.38. The zero-order valence-electron chi connectivity index (χ0n) is 12.3. The first-order chi connectivity index (χ1) is 11.2. The molecule has 0 fully saturated rings. The normalized spacial score (nSPS) is 9.78. The van der Waals surface area contributed by atoms with Crippen molar-refractivity contribution in [3.05, 3.63) is 77.1 Å². The van der Waals surface area contributed by atoms with Gasteiger partial charge in [0.05, 0.1) is 17.3 Å². The van der Waals surface area contributed by atoms with Crippen molar-refractivity contribution in [2.45, 2.75) is 6.92 Å². The highest BCUT2D eigenvalue weighted by atomic mass is 19.1. The van der Waals surface area contributed by atoms with Gasteiger partial charge in [-0.1, -0.05) is 6.07 Å². The molecule has 2 heterocycles. The summed E-state index contributed by atoms with van der Waals surface area (Å²) in [5.41, 5.74) is 2.74. The Kier molecular flexibility index (Phi) is 3.86. The van der Waals surface area contributed by atoms with E-state index < -0.39 is 5.82 Å². The predicted octanol–water partition coefficient (Wildman–Crippen LogP) is 2.99. The molecule has 23 heavy (non-hydrogen) atoms. The maximum Gasteiger partial charge on any atom is 0.136 e. The van der Waals surface area contributed by atoms with Crippen molar-refractivity contribution in [3.63, 3.8) is 0 Å². The van der Waals surface area contributed by atoms with Crippen LogP contribution in [0.4, 0.5) is 4.39 Å². The second-order valence-electron chi connectivity index (χ2n) is 4.86. The molecule has 0 aliphatic rings. The molecule has 0 aliphatic carbocycles. The lowest BCUT2D eigenvalue weighted by Gasteiger charge is -2.04. The summed E-state index contributed by atoms with van der Waals surface area (Å²) in [6, 6.07) is 13.3. The number of pyridine rings is 1. The smallest absolute Gasteiger partial charge is 0.136 e. The van der Waals surface area contributed by atoms with E-state index in [4.69, 9.17) is 5.26 Å². The minimum absolute atomic E-state index is 0.246. The number of nitriles is 1. The van der Waals surface area contributed by atoms with Crippen LogP contribution in [0.5, 0.6) is 0 Å². The maximum atomic E-state index is 13.6. The molecule has 0 spiro atoms. The van der Waals surface area contributed by atoms with Crippen LogP contribution >= 0.6 is 0 Å². The third kappa shape index (κ3) is 3.25. The Hall–Kier alpha value is -3.44. The summed E-state index contributed by atoms with van der Waals surface area (Å²) >= 11 is 0. The molecule has 110 valence electrons. The molecule has 0 amide bonds. The monoisotopic (exact) mass is 302 g/mol. The summed E-state index contributed by atoms with van der Waals surface area (Å²) in [5, 5.41) is 13.3. The van der Waals surface area contributed by atoms with Crippen molar-refractivity contribution >= 4 is 0 Å². The van der Waals surface area contributed by atoms with E-state index >= 15 is 0 Å². The van der Waals surface area contributed by atoms with E-state index in [1.165, 1.54) is 12.1 Å². The van der Waals surface area contributed by atoms with E-state index in [1.54, 1.807) is 23.0 Å². The standard InChI is InChI=1S/C18H11FN4/c1-13-8-17(6-5-16-4-2-3-7-21-16)22-23(13)18-10-14(12-20)9-15(19)11-18/h2-4,7-11H,1H3. The quantitative estimate of drug-likeness (QED) is 0.649. The topological polar surface area (TPSA) is 54.5 Å². The molecular weight excluding hydrogens is 291 g/mol. The Bertz CT molecular complexity index is 956. The van der Waals surface area contributed by atoms with E-state index in [0.717, 1.165) is 5.69 Å². The summed E-state index contributed by atoms with van der Waals surface area (Å²) in [7, 11) is 0. The molecule has 2 aromatic heterocycles. The van der Waals surface area contributed by atoms with E-state index in [9.17, 15) is 4.39 Å². The van der Waals surface area contributed by atoms with Crippen molar-refractivity contribution in [2.75, 3.05) is 0 Å². The molecule has 0 unspecified atom stereocenters. The van der Waals surface area contributed by atoms with Gasteiger partial charge in [-0.15, -0.1) is 0 Å². The van der Waals surface area contributed by atoms with Gasteiger partial charge in [-0.3, -0.25) is 0 Å². The highest BCUT2D eigenvalue weighted by molar-refractivity contribution is 5.44. The van der Waals surface area contributed by atoms with Crippen molar-refractivity contribution in [1.29, 1.82) is 5.26 Å². The van der Waals surface area contributed by atoms with Gasteiger partial charge in [0.15, 0.2) is 0 Å². The fraction of sp³-hybridized carbons (Fsp3) is 0.0556. The zero-order chi connectivity index (χ0) is 16.2. The molecule has 0 saturated heterocycles. The van der Waals surface area contributed by atoms with Crippen LogP contribution in [0.1, 0.15) is 22.6 Å². The van der Waals surface area contributed by atoms with Crippen molar-refractivity contribution in [1.82, 2.24) is 14.8 Å². The molecule has 5 heteroatoms. The number of halogens is 1. The van der Waals surface area contributed by atoms with Gasteiger partial charge in [-0.05, 0) is 55.2 Å². The number of nitrogens with zero attached hydrogens (tertiary/aromatic N) is 4. The lowest BCUT2D eigenvalue weighted by Crippen LogP contribution is -2.00. The summed E-state index contributed by atoms with van der Waals surface area (Å²) in [4.78, 5) is 4.12. The van der Waals surface area contributed by atoms with E-state index in [2.05, 4.69) is 21.9 Å². The van der Waals surface area contributed by atoms with Gasteiger partial charge in [-0.25, -0.2) is 14.1 Å². The van der Waals surface area contributed by atoms with E-state index in [1.807, 2.05) is 31.2 Å². The molecular formula is C18H11FN4. The highest BCUT2D eigenvalue weighted by Gasteiger charge is 2.08. The number of aryl methyl sites for hydroxylation is 1. The zero-order valence-corrected chi connectivity index (χ0v) is 12.3. The summed E-state index contributed by atoms with van der Waals surface area (Å²) in [6.07, 6.45) is 1.67. The maximum absolute atomic E-state index is 13.6. The lowest BCUT2D eigenvalue weighted by atomic mass is 10.2. The van der Waals surface area contributed by atoms with Gasteiger partial charge in [0.1, 0.15) is 17.2 Å². The van der Waals surface area contributed by atoms with Crippen molar-refractivity contribution < 1.29 is 4.39 Å². The van der Waals surface area contributed by atoms with E-state index in [-0.39, 0.29) is 5.56 Å². The fourth-order valence-electron chi connectivity index (χ4n) is 2.12. The summed E-state index contributed by atoms with van der Waals surface area (Å²) < 4.78 is 15.1. The highest BCUT2D eigenvalue weighted by Crippen LogP contribution is 2.15. The van der Waals surface area contributed by atoms with Gasteiger partial charge in [0, 0.05) is 11.9 Å². The molecule has 0 atom stereocenters. The van der Waals surface area contributed by atoms with Crippen LogP contribution in [-0.2, 0) is 0 Å². The van der Waals surface area contributed by atoms with Crippen molar-refractivity contribution in [3.8, 4) is 23.6 Å². The van der Waals surface area contributed by atoms with Crippen LogP contribution in [0.2, 0.25) is 0 Å². The van der Waals surface area contributed by atoms with Gasteiger partial charge in [0.2, 0.25) is 0 Å². The van der Waals surface area contributed by atoms with Gasteiger partial charge in [0.25, 0.3) is 0 Å². The number of rotatable bonds is 1. The Morgan fingerprint density at radius 2 is 1.91 bits per heavy atom. The molecule has 1 aromatic carbocycles. The Labute approximate surface area is 132 Å². The number of hydrogen-bond donors (Lipinski definition) is 0. The molecule has 0 bridgehead atoms. The third-order valence-electron chi connectivity index (χ3n) is 3.13. The van der Waals surface area contributed by atoms with Crippen LogP contribution < -0.4 is 0 Å². The molecule has 0 aliphatic heterocycles. The number of aromatic nitrogens is 3. The van der Waals surface area contributed by atoms with Crippen LogP contribution in [0.15, 0.2) is 48.7 Å². The Balaban J connectivity index is 1.98. The summed E-state index contributed by atoms with van der Waals surface area (Å²) in [6.45, 7) is 1.84. The largest absolute Gasteiger partial charge is 0.248 e. The number of benzene rings is 1. The SMILES string of the molecule is Cc1cc(C#Cc2ccccn2)nn1-c1cc(F)cc(C#N)c1. The van der Waals surface area contributed by atoms with Crippen LogP contribution in [0, 0.1) is 35.9 Å². The second-order valence-corrected chi connectivity index (χ2v) is 4.86. The first kappa shape index (κ1) is 14.5. The molecule has 3 aromatic rings. The average molecular weight is 302 g/mol.